The molecule has 0 saturated carbocycles. The summed E-state index contributed by atoms with van der Waals surface area (Å²) in [6.45, 7) is 7.03. The van der Waals surface area contributed by atoms with Crippen molar-refractivity contribution in [3.05, 3.63) is 69.7 Å². The van der Waals surface area contributed by atoms with Crippen molar-refractivity contribution in [1.82, 2.24) is 4.90 Å². The highest BCUT2D eigenvalue weighted by Gasteiger charge is 2.24. The molecule has 1 saturated heterocycles. The van der Waals surface area contributed by atoms with Crippen LogP contribution in [0.5, 0.6) is 0 Å². The third kappa shape index (κ3) is 4.16. The van der Waals surface area contributed by atoms with Gasteiger partial charge in [-0.25, -0.2) is 8.42 Å². The maximum Gasteiger partial charge on any atom is 0.218 e. The Hall–Kier alpha value is -2.49. The van der Waals surface area contributed by atoms with Gasteiger partial charge in [-0.15, -0.1) is 0 Å². The molecule has 1 heterocycles. The molecule has 2 aromatic carbocycles. The maximum atomic E-state index is 12.7. The normalized spacial score (nSPS) is 15.4. The van der Waals surface area contributed by atoms with Gasteiger partial charge in [0.25, 0.3) is 0 Å². The van der Waals surface area contributed by atoms with E-state index in [4.69, 9.17) is 11.6 Å². The number of halogens is 1. The third-order valence-electron chi connectivity index (χ3n) is 5.05. The number of piperazine rings is 1. The van der Waals surface area contributed by atoms with Gasteiger partial charge in [-0.3, -0.25) is 0 Å². The van der Waals surface area contributed by atoms with E-state index in [-0.39, 0.29) is 9.80 Å². The summed E-state index contributed by atoms with van der Waals surface area (Å²) in [4.78, 5) is 4.01. The average Bonchev–Trinajstić information content (AvgIpc) is 2.69. The van der Waals surface area contributed by atoms with Gasteiger partial charge in [0.1, 0.15) is 6.07 Å². The van der Waals surface area contributed by atoms with Crippen LogP contribution in [0.3, 0.4) is 0 Å². The Morgan fingerprint density at radius 3 is 2.32 bits per heavy atom. The van der Waals surface area contributed by atoms with E-state index in [9.17, 15) is 13.7 Å². The monoisotopic (exact) mass is 415 g/mol. The van der Waals surface area contributed by atoms with Crippen molar-refractivity contribution >= 4 is 27.1 Å². The summed E-state index contributed by atoms with van der Waals surface area (Å²) in [6, 6.07) is 14.0. The Bertz CT molecular complexity index is 1030. The largest absolute Gasteiger partial charge is 0.372 e. The van der Waals surface area contributed by atoms with Gasteiger partial charge in [0.15, 0.2) is 4.91 Å². The van der Waals surface area contributed by atoms with Crippen LogP contribution in [0.15, 0.2) is 58.5 Å². The average molecular weight is 416 g/mol. The first-order valence-corrected chi connectivity index (χ1v) is 10.9. The lowest BCUT2D eigenvalue weighted by atomic mass is 10.1. The van der Waals surface area contributed by atoms with E-state index in [2.05, 4.69) is 36.9 Å². The zero-order valence-electron chi connectivity index (χ0n) is 15.9. The number of sulfone groups is 1. The lowest BCUT2D eigenvalue weighted by Crippen LogP contribution is -2.44. The number of nitrogens with zero attached hydrogens (tertiary/aromatic N) is 3. The minimum absolute atomic E-state index is 0.0683. The molecule has 0 radical (unpaired) electrons. The van der Waals surface area contributed by atoms with Crippen molar-refractivity contribution in [2.75, 3.05) is 31.1 Å². The Labute approximate surface area is 171 Å². The van der Waals surface area contributed by atoms with E-state index in [1.165, 1.54) is 47.3 Å². The van der Waals surface area contributed by atoms with Gasteiger partial charge < -0.3 is 9.80 Å². The molecule has 0 bridgehead atoms. The molecule has 0 aliphatic carbocycles. The van der Waals surface area contributed by atoms with Crippen molar-refractivity contribution < 1.29 is 8.42 Å². The number of hydrogen-bond donors (Lipinski definition) is 0. The van der Waals surface area contributed by atoms with E-state index in [0.717, 1.165) is 13.1 Å². The number of nitriles is 1. The van der Waals surface area contributed by atoms with Crippen LogP contribution in [0.25, 0.3) is 0 Å². The second-order valence-corrected chi connectivity index (χ2v) is 9.16. The predicted molar refractivity (Wildman–Crippen MR) is 112 cm³/mol. The van der Waals surface area contributed by atoms with Crippen molar-refractivity contribution in [1.29, 1.82) is 5.26 Å². The van der Waals surface area contributed by atoms with Crippen LogP contribution in [0, 0.1) is 25.2 Å². The van der Waals surface area contributed by atoms with Gasteiger partial charge in [0, 0.05) is 43.1 Å². The van der Waals surface area contributed by atoms with Crippen molar-refractivity contribution in [2.45, 2.75) is 18.7 Å². The van der Waals surface area contributed by atoms with Crippen molar-refractivity contribution in [2.24, 2.45) is 0 Å². The van der Waals surface area contributed by atoms with Gasteiger partial charge in [-0.2, -0.15) is 5.26 Å². The van der Waals surface area contributed by atoms with Crippen LogP contribution in [0.1, 0.15) is 11.1 Å². The molecule has 0 atom stereocenters. The molecule has 1 aliphatic heterocycles. The van der Waals surface area contributed by atoms with Crippen LogP contribution in [-0.2, 0) is 9.84 Å². The predicted octanol–water partition coefficient (Wildman–Crippen LogP) is 3.92. The van der Waals surface area contributed by atoms with Crippen LogP contribution in [0.2, 0.25) is 5.02 Å². The van der Waals surface area contributed by atoms with Gasteiger partial charge in [0.05, 0.1) is 4.90 Å². The number of benzene rings is 2. The summed E-state index contributed by atoms with van der Waals surface area (Å²) in [5.41, 5.74) is 3.72. The number of aryl methyl sites for hydroxylation is 1. The zero-order chi connectivity index (χ0) is 20.3. The quantitative estimate of drug-likeness (QED) is 0.708. The fourth-order valence-electron chi connectivity index (χ4n) is 3.23. The summed E-state index contributed by atoms with van der Waals surface area (Å²) in [5, 5.41) is 9.89. The van der Waals surface area contributed by atoms with E-state index in [1.54, 1.807) is 0 Å². The number of hydrogen-bond acceptors (Lipinski definition) is 5. The first-order chi connectivity index (χ1) is 13.3. The Kier molecular flexibility index (Phi) is 5.97. The molecule has 28 heavy (non-hydrogen) atoms. The first kappa shape index (κ1) is 20.2. The Balaban J connectivity index is 1.76. The summed E-state index contributed by atoms with van der Waals surface area (Å²) in [6.07, 6.45) is 1.46. The Morgan fingerprint density at radius 1 is 1.07 bits per heavy atom. The maximum absolute atomic E-state index is 12.7. The van der Waals surface area contributed by atoms with Crippen LogP contribution >= 0.6 is 11.6 Å². The number of allylic oxidation sites excluding steroid dienone is 1. The van der Waals surface area contributed by atoms with E-state index in [0.29, 0.717) is 18.1 Å². The van der Waals surface area contributed by atoms with Crippen molar-refractivity contribution in [3.63, 3.8) is 0 Å². The highest BCUT2D eigenvalue weighted by molar-refractivity contribution is 7.95. The van der Waals surface area contributed by atoms with Crippen LogP contribution in [-0.4, -0.2) is 39.5 Å². The number of anilines is 1. The lowest BCUT2D eigenvalue weighted by Gasteiger charge is -2.36. The minimum atomic E-state index is -3.86. The highest BCUT2D eigenvalue weighted by Crippen LogP contribution is 2.25. The first-order valence-electron chi connectivity index (χ1n) is 9.00. The fourth-order valence-corrected chi connectivity index (χ4v) is 4.52. The van der Waals surface area contributed by atoms with Crippen LogP contribution in [0.4, 0.5) is 5.69 Å². The summed E-state index contributed by atoms with van der Waals surface area (Å²) >= 11 is 5.83. The minimum Gasteiger partial charge on any atom is -0.372 e. The molecular weight excluding hydrogens is 394 g/mol. The summed E-state index contributed by atoms with van der Waals surface area (Å²) < 4.78 is 25.5. The zero-order valence-corrected chi connectivity index (χ0v) is 17.5. The molecular formula is C21H22ClN3O2S. The summed E-state index contributed by atoms with van der Waals surface area (Å²) in [7, 11) is -3.86. The second-order valence-electron chi connectivity index (χ2n) is 6.80. The standard InChI is InChI=1S/C21H22ClN3O2S/c1-16-4-3-5-21(17(16)2)25-12-10-24(11-13-25)15-20(14-23)28(26,27)19-8-6-18(22)7-9-19/h3-9,15H,10-13H2,1-2H3. The molecule has 7 heteroatoms. The second kappa shape index (κ2) is 8.26. The van der Waals surface area contributed by atoms with Gasteiger partial charge >= 0.3 is 0 Å². The molecule has 0 N–H and O–H groups in total. The Morgan fingerprint density at radius 2 is 1.71 bits per heavy atom. The molecule has 3 rings (SSSR count). The number of rotatable bonds is 4. The molecule has 5 nitrogen and oxygen atoms in total. The van der Waals surface area contributed by atoms with Gasteiger partial charge in [0.2, 0.25) is 9.84 Å². The molecule has 2 aromatic rings. The van der Waals surface area contributed by atoms with E-state index in [1.807, 2.05) is 11.0 Å². The molecule has 146 valence electrons. The van der Waals surface area contributed by atoms with Crippen molar-refractivity contribution in [3.8, 4) is 6.07 Å². The van der Waals surface area contributed by atoms with E-state index < -0.39 is 9.84 Å². The topological polar surface area (TPSA) is 64.4 Å². The fraction of sp³-hybridized carbons (Fsp3) is 0.286. The molecule has 0 spiro atoms. The van der Waals surface area contributed by atoms with E-state index >= 15 is 0 Å². The molecule has 1 fully saturated rings. The summed E-state index contributed by atoms with van der Waals surface area (Å²) in [5.74, 6) is 0. The van der Waals surface area contributed by atoms with Gasteiger partial charge in [-0.05, 0) is 55.3 Å². The lowest BCUT2D eigenvalue weighted by molar-refractivity contribution is 0.348. The molecule has 0 amide bonds. The molecule has 0 unspecified atom stereocenters. The van der Waals surface area contributed by atoms with Crippen LogP contribution < -0.4 is 4.90 Å². The third-order valence-corrected chi connectivity index (χ3v) is 6.97. The smallest absolute Gasteiger partial charge is 0.218 e. The van der Waals surface area contributed by atoms with Gasteiger partial charge in [-0.1, -0.05) is 23.7 Å². The molecule has 0 aromatic heterocycles. The molecule has 1 aliphatic rings. The SMILES string of the molecule is Cc1cccc(N2CCN(C=C(C#N)S(=O)(=O)c3ccc(Cl)cc3)CC2)c1C. The highest BCUT2D eigenvalue weighted by atomic mass is 35.5.